The molecule has 1 aliphatic heterocycles. The Morgan fingerprint density at radius 2 is 2.20 bits per heavy atom. The largest absolute Gasteiger partial charge is 0.394 e. The molecule has 3 nitrogen and oxygen atoms in total. The molecule has 0 aromatic rings. The second-order valence-corrected chi connectivity index (χ2v) is 2.26. The highest BCUT2D eigenvalue weighted by atomic mass is 19.1. The summed E-state index contributed by atoms with van der Waals surface area (Å²) in [4.78, 5) is 0. The van der Waals surface area contributed by atoms with E-state index in [1.165, 1.54) is 0 Å². The normalized spacial score (nSPS) is 47.9. The Balaban J connectivity index is 2.53. The molecule has 2 radical (unpaired) electrons. The molecular formula is C5H8BFO3. The maximum absolute atomic E-state index is 12.6. The van der Waals surface area contributed by atoms with Gasteiger partial charge in [0.1, 0.15) is 20.1 Å². The molecule has 0 bridgehead atoms. The maximum Gasteiger partial charge on any atom is 0.156 e. The van der Waals surface area contributed by atoms with Gasteiger partial charge in [0, 0.05) is 6.00 Å². The monoisotopic (exact) mass is 146 g/mol. The van der Waals surface area contributed by atoms with E-state index >= 15 is 0 Å². The van der Waals surface area contributed by atoms with Crippen LogP contribution in [0.3, 0.4) is 0 Å². The van der Waals surface area contributed by atoms with Crippen molar-refractivity contribution in [1.29, 1.82) is 0 Å². The highest BCUT2D eigenvalue weighted by molar-refractivity contribution is 6.11. The van der Waals surface area contributed by atoms with Crippen molar-refractivity contribution in [2.24, 2.45) is 0 Å². The minimum atomic E-state index is -1.57. The number of rotatable bonds is 1. The number of aliphatic hydroxyl groups is 2. The standard InChI is InChI=1S/C5H8BFO3/c6-5-4(9)3(7)2(1-8)10-5/h2-5,8-9H,1H2/t2-,3?,4?,5?/m1/s1. The summed E-state index contributed by atoms with van der Waals surface area (Å²) in [7, 11) is 5.11. The van der Waals surface area contributed by atoms with Crippen molar-refractivity contribution in [3.8, 4) is 0 Å². The Bertz CT molecular complexity index is 123. The second kappa shape index (κ2) is 2.86. The number of hydrogen-bond acceptors (Lipinski definition) is 3. The molecule has 0 spiro atoms. The lowest BCUT2D eigenvalue weighted by molar-refractivity contribution is 0.0184. The molecule has 1 aliphatic rings. The number of aliphatic hydroxyl groups excluding tert-OH is 2. The lowest BCUT2D eigenvalue weighted by Gasteiger charge is -2.07. The molecule has 1 saturated heterocycles. The van der Waals surface area contributed by atoms with Crippen LogP contribution in [0.15, 0.2) is 0 Å². The first-order valence-corrected chi connectivity index (χ1v) is 3.01. The lowest BCUT2D eigenvalue weighted by atomic mass is 9.94. The molecule has 0 saturated carbocycles. The predicted octanol–water partition coefficient (Wildman–Crippen LogP) is -1.43. The first-order valence-electron chi connectivity index (χ1n) is 3.01. The van der Waals surface area contributed by atoms with Crippen molar-refractivity contribution in [1.82, 2.24) is 0 Å². The molecule has 3 unspecified atom stereocenters. The van der Waals surface area contributed by atoms with Gasteiger partial charge >= 0.3 is 0 Å². The van der Waals surface area contributed by atoms with E-state index in [9.17, 15) is 4.39 Å². The zero-order valence-electron chi connectivity index (χ0n) is 5.27. The Morgan fingerprint density at radius 3 is 2.40 bits per heavy atom. The van der Waals surface area contributed by atoms with Crippen molar-refractivity contribution >= 4 is 7.85 Å². The maximum atomic E-state index is 12.6. The van der Waals surface area contributed by atoms with Gasteiger partial charge in [0.25, 0.3) is 0 Å². The fourth-order valence-electron chi connectivity index (χ4n) is 0.902. The Hall–Kier alpha value is -0.125. The molecular weight excluding hydrogens is 138 g/mol. The van der Waals surface area contributed by atoms with Crippen molar-refractivity contribution in [3.63, 3.8) is 0 Å². The molecule has 4 atom stereocenters. The topological polar surface area (TPSA) is 49.7 Å². The third-order valence-electron chi connectivity index (χ3n) is 1.53. The summed E-state index contributed by atoms with van der Waals surface area (Å²) in [5, 5.41) is 17.3. The zero-order valence-corrected chi connectivity index (χ0v) is 5.27. The summed E-state index contributed by atoms with van der Waals surface area (Å²) >= 11 is 0. The first-order chi connectivity index (χ1) is 4.66. The smallest absolute Gasteiger partial charge is 0.156 e. The number of halogens is 1. The molecule has 1 rings (SSSR count). The first kappa shape index (κ1) is 7.98. The fraction of sp³-hybridized carbons (Fsp3) is 1.00. The summed E-state index contributed by atoms with van der Waals surface area (Å²) in [6.45, 7) is -0.452. The summed E-state index contributed by atoms with van der Waals surface area (Å²) < 4.78 is 17.3. The Kier molecular flexibility index (Phi) is 2.28. The molecule has 0 aromatic carbocycles. The van der Waals surface area contributed by atoms with Crippen LogP contribution in [-0.2, 0) is 4.74 Å². The summed E-state index contributed by atoms with van der Waals surface area (Å²) in [6, 6.07) is -1.01. The van der Waals surface area contributed by atoms with Gasteiger partial charge in [-0.05, 0) is 0 Å². The van der Waals surface area contributed by atoms with Gasteiger partial charge in [0.2, 0.25) is 0 Å². The van der Waals surface area contributed by atoms with E-state index in [0.29, 0.717) is 0 Å². The molecule has 56 valence electrons. The minimum Gasteiger partial charge on any atom is -0.394 e. The molecule has 10 heavy (non-hydrogen) atoms. The minimum absolute atomic E-state index is 0.452. The second-order valence-electron chi connectivity index (χ2n) is 2.26. The van der Waals surface area contributed by atoms with Crippen LogP contribution in [0.25, 0.3) is 0 Å². The van der Waals surface area contributed by atoms with Crippen molar-refractivity contribution in [2.75, 3.05) is 6.61 Å². The van der Waals surface area contributed by atoms with Crippen LogP contribution >= 0.6 is 0 Å². The number of alkyl halides is 1. The average molecular weight is 146 g/mol. The van der Waals surface area contributed by atoms with E-state index in [1.807, 2.05) is 0 Å². The molecule has 0 aliphatic carbocycles. The van der Waals surface area contributed by atoms with Crippen LogP contribution in [0.4, 0.5) is 4.39 Å². The van der Waals surface area contributed by atoms with E-state index in [4.69, 9.17) is 18.1 Å². The average Bonchev–Trinajstić information content (AvgIpc) is 2.17. The summed E-state index contributed by atoms with van der Waals surface area (Å²) in [6.07, 6.45) is -3.85. The van der Waals surface area contributed by atoms with E-state index in [1.54, 1.807) is 0 Å². The third kappa shape index (κ3) is 1.16. The quantitative estimate of drug-likeness (QED) is 0.446. The Morgan fingerprint density at radius 1 is 1.60 bits per heavy atom. The van der Waals surface area contributed by atoms with Crippen LogP contribution in [0.2, 0.25) is 0 Å². The van der Waals surface area contributed by atoms with Crippen LogP contribution in [-0.4, -0.2) is 49.0 Å². The number of ether oxygens (including phenoxy) is 1. The lowest BCUT2D eigenvalue weighted by Crippen LogP contribution is -2.30. The van der Waals surface area contributed by atoms with Gasteiger partial charge < -0.3 is 14.9 Å². The van der Waals surface area contributed by atoms with Crippen LogP contribution in [0.1, 0.15) is 0 Å². The molecule has 2 N–H and O–H groups in total. The van der Waals surface area contributed by atoms with Crippen molar-refractivity contribution in [3.05, 3.63) is 0 Å². The molecule has 5 heteroatoms. The summed E-state index contributed by atoms with van der Waals surface area (Å²) in [5.41, 5.74) is 0. The fourth-order valence-corrected chi connectivity index (χ4v) is 0.902. The molecule has 1 heterocycles. The van der Waals surface area contributed by atoms with Crippen LogP contribution in [0, 0.1) is 0 Å². The number of hydrogen-bond donors (Lipinski definition) is 2. The van der Waals surface area contributed by atoms with Gasteiger partial charge in [-0.2, -0.15) is 0 Å². The van der Waals surface area contributed by atoms with Crippen molar-refractivity contribution < 1.29 is 19.3 Å². The van der Waals surface area contributed by atoms with Gasteiger partial charge in [-0.25, -0.2) is 4.39 Å². The van der Waals surface area contributed by atoms with Crippen LogP contribution < -0.4 is 0 Å². The third-order valence-corrected chi connectivity index (χ3v) is 1.53. The van der Waals surface area contributed by atoms with E-state index < -0.39 is 31.0 Å². The van der Waals surface area contributed by atoms with E-state index in [2.05, 4.69) is 4.74 Å². The van der Waals surface area contributed by atoms with Crippen molar-refractivity contribution in [2.45, 2.75) is 24.4 Å². The van der Waals surface area contributed by atoms with Gasteiger partial charge in [-0.15, -0.1) is 0 Å². The Labute approximate surface area is 59.2 Å². The summed E-state index contributed by atoms with van der Waals surface area (Å²) in [5.74, 6) is 0. The van der Waals surface area contributed by atoms with Gasteiger partial charge in [0.05, 0.1) is 6.61 Å². The predicted molar refractivity (Wildman–Crippen MR) is 32.4 cm³/mol. The zero-order chi connectivity index (χ0) is 7.72. The SMILES string of the molecule is [B]C1O[C@H](CO)C(F)C1O. The van der Waals surface area contributed by atoms with E-state index in [0.717, 1.165) is 0 Å². The molecule has 0 amide bonds. The molecule has 1 fully saturated rings. The molecule has 0 aromatic heterocycles. The highest BCUT2D eigenvalue weighted by Crippen LogP contribution is 2.21. The van der Waals surface area contributed by atoms with Gasteiger partial charge in [-0.3, -0.25) is 0 Å². The van der Waals surface area contributed by atoms with Gasteiger partial charge in [-0.1, -0.05) is 0 Å². The van der Waals surface area contributed by atoms with E-state index in [-0.39, 0.29) is 0 Å². The highest BCUT2D eigenvalue weighted by Gasteiger charge is 2.40. The van der Waals surface area contributed by atoms with Gasteiger partial charge in [0.15, 0.2) is 6.17 Å². The van der Waals surface area contributed by atoms with Crippen LogP contribution in [0.5, 0.6) is 0 Å².